The first-order valence-corrected chi connectivity index (χ1v) is 10.8. The number of anilines is 1. The molecule has 1 aliphatic heterocycles. The molecule has 0 spiro atoms. The predicted molar refractivity (Wildman–Crippen MR) is 125 cm³/mol. The lowest BCUT2D eigenvalue weighted by molar-refractivity contribution is -0.147. The molecule has 0 saturated carbocycles. The lowest BCUT2D eigenvalue weighted by Gasteiger charge is -2.21. The van der Waals surface area contributed by atoms with Gasteiger partial charge in [0.1, 0.15) is 30.2 Å². The van der Waals surface area contributed by atoms with E-state index in [0.29, 0.717) is 0 Å². The van der Waals surface area contributed by atoms with Gasteiger partial charge in [0.25, 0.3) is 5.91 Å². The lowest BCUT2D eigenvalue weighted by atomic mass is 10.1. The fourth-order valence-corrected chi connectivity index (χ4v) is 3.56. The van der Waals surface area contributed by atoms with Gasteiger partial charge in [-0.15, -0.1) is 0 Å². The highest BCUT2D eigenvalue weighted by molar-refractivity contribution is 6.13. The number of hydrogen-bond acceptors (Lipinski definition) is 8. The summed E-state index contributed by atoms with van der Waals surface area (Å²) in [6.45, 7) is -1.15. The van der Waals surface area contributed by atoms with Crippen LogP contribution < -0.4 is 14.4 Å². The Balaban J connectivity index is 1.61. The molecule has 1 N–H and O–H groups in total. The van der Waals surface area contributed by atoms with Crippen LogP contribution in [0.15, 0.2) is 66.7 Å². The molecule has 3 aromatic rings. The molecule has 36 heavy (non-hydrogen) atoms. The van der Waals surface area contributed by atoms with Crippen molar-refractivity contribution >= 4 is 29.5 Å². The molecule has 1 aliphatic rings. The number of carboxylic acids is 1. The molecule has 4 rings (SSSR count). The van der Waals surface area contributed by atoms with Crippen molar-refractivity contribution in [2.75, 3.05) is 25.2 Å². The molecule has 10 nitrogen and oxygen atoms in total. The molecule has 0 aliphatic carbocycles. The normalized spacial score (nSPS) is 11.9. The molecule has 0 bridgehead atoms. The summed E-state index contributed by atoms with van der Waals surface area (Å²) in [5, 5.41) is 9.45. The molecule has 0 radical (unpaired) electrons. The molecule has 3 aromatic carbocycles. The number of carbonyl (C=O) groups excluding carboxylic acids is 3. The number of hydrogen-bond donors (Lipinski definition) is 1. The van der Waals surface area contributed by atoms with Crippen LogP contribution in [0.4, 0.5) is 5.69 Å². The van der Waals surface area contributed by atoms with E-state index in [1.165, 1.54) is 37.4 Å². The maximum atomic E-state index is 13.5. The zero-order valence-corrected chi connectivity index (χ0v) is 19.1. The molecule has 0 atom stereocenters. The summed E-state index contributed by atoms with van der Waals surface area (Å²) < 4.78 is 21.4. The molecule has 0 aromatic heterocycles. The number of rotatable bonds is 8. The average molecular weight is 491 g/mol. The van der Waals surface area contributed by atoms with Crippen molar-refractivity contribution in [1.82, 2.24) is 0 Å². The van der Waals surface area contributed by atoms with Gasteiger partial charge >= 0.3 is 17.9 Å². The highest BCUT2D eigenvalue weighted by atomic mass is 16.6. The standard InChI is InChI=1S/C26H21NO9/c1-33-26(32)17-10-11-19-18(12-17)27(13-22(28)29)25(31)24-20(8-5-9-21(24)36-19)34-15-23(30)35-14-16-6-3-2-4-7-16/h2-12H,13-15H2,1H3,(H,28,29). The van der Waals surface area contributed by atoms with Crippen LogP contribution in [0.25, 0.3) is 0 Å². The van der Waals surface area contributed by atoms with Crippen molar-refractivity contribution in [3.8, 4) is 17.2 Å². The maximum Gasteiger partial charge on any atom is 0.344 e. The summed E-state index contributed by atoms with van der Waals surface area (Å²) in [4.78, 5) is 50.3. The molecular weight excluding hydrogens is 470 g/mol. The maximum absolute atomic E-state index is 13.5. The van der Waals surface area contributed by atoms with E-state index in [2.05, 4.69) is 0 Å². The van der Waals surface area contributed by atoms with E-state index >= 15 is 0 Å². The molecule has 10 heteroatoms. The van der Waals surface area contributed by atoms with Crippen molar-refractivity contribution in [2.45, 2.75) is 6.61 Å². The van der Waals surface area contributed by atoms with E-state index in [1.54, 1.807) is 6.07 Å². The number of fused-ring (bicyclic) bond motifs is 2. The molecule has 0 saturated heterocycles. The van der Waals surface area contributed by atoms with E-state index in [1.807, 2.05) is 30.3 Å². The van der Waals surface area contributed by atoms with Gasteiger partial charge in [0.2, 0.25) is 0 Å². The van der Waals surface area contributed by atoms with Crippen LogP contribution >= 0.6 is 0 Å². The van der Waals surface area contributed by atoms with E-state index in [9.17, 15) is 24.3 Å². The highest BCUT2D eigenvalue weighted by Gasteiger charge is 2.33. The SMILES string of the molecule is COC(=O)c1ccc2c(c1)N(CC(=O)O)C(=O)c1c(OCC(=O)OCc3ccccc3)cccc1O2. The Labute approximate surface area is 205 Å². The fraction of sp³-hybridized carbons (Fsp3) is 0.154. The number of amides is 1. The van der Waals surface area contributed by atoms with Gasteiger partial charge in [-0.05, 0) is 35.9 Å². The van der Waals surface area contributed by atoms with Gasteiger partial charge in [-0.1, -0.05) is 36.4 Å². The first-order valence-electron chi connectivity index (χ1n) is 10.8. The Morgan fingerprint density at radius 3 is 2.47 bits per heavy atom. The van der Waals surface area contributed by atoms with Crippen molar-refractivity contribution in [3.05, 3.63) is 83.4 Å². The van der Waals surface area contributed by atoms with Crippen LogP contribution in [0.2, 0.25) is 0 Å². The molecular formula is C26H21NO9. The van der Waals surface area contributed by atoms with Crippen LogP contribution in [0, 0.1) is 0 Å². The minimum atomic E-state index is -1.29. The minimum absolute atomic E-state index is 0.00514. The molecule has 0 fully saturated rings. The van der Waals surface area contributed by atoms with Crippen LogP contribution in [0.3, 0.4) is 0 Å². The number of esters is 2. The number of carboxylic acid groups (broad SMARTS) is 1. The smallest absolute Gasteiger partial charge is 0.344 e. The van der Waals surface area contributed by atoms with Crippen LogP contribution in [0.5, 0.6) is 17.2 Å². The predicted octanol–water partition coefficient (Wildman–Crippen LogP) is 3.43. The number of benzene rings is 3. The van der Waals surface area contributed by atoms with Gasteiger partial charge in [-0.3, -0.25) is 14.5 Å². The van der Waals surface area contributed by atoms with Crippen LogP contribution in [-0.2, 0) is 25.7 Å². The summed E-state index contributed by atoms with van der Waals surface area (Å²) >= 11 is 0. The Kier molecular flexibility index (Phi) is 7.15. The van der Waals surface area contributed by atoms with Gasteiger partial charge in [-0.25, -0.2) is 9.59 Å². The summed E-state index contributed by atoms with van der Waals surface area (Å²) in [7, 11) is 1.20. The second kappa shape index (κ2) is 10.6. The third kappa shape index (κ3) is 5.27. The number of methoxy groups -OCH3 is 1. The molecule has 1 heterocycles. The third-order valence-corrected chi connectivity index (χ3v) is 5.22. The van der Waals surface area contributed by atoms with Gasteiger partial charge in [0.15, 0.2) is 12.4 Å². The summed E-state index contributed by atoms with van der Waals surface area (Å²) in [5.41, 5.74) is 0.892. The molecule has 0 unspecified atom stereocenters. The number of aliphatic carboxylic acids is 1. The van der Waals surface area contributed by atoms with Gasteiger partial charge in [0.05, 0.1) is 18.4 Å². The van der Waals surface area contributed by atoms with Crippen molar-refractivity contribution < 1.29 is 43.2 Å². The first-order chi connectivity index (χ1) is 17.4. The Morgan fingerprint density at radius 2 is 1.75 bits per heavy atom. The quantitative estimate of drug-likeness (QED) is 0.471. The Bertz CT molecular complexity index is 1320. The van der Waals surface area contributed by atoms with Crippen LogP contribution in [-0.4, -0.2) is 49.2 Å². The third-order valence-electron chi connectivity index (χ3n) is 5.22. The second-order valence-corrected chi connectivity index (χ2v) is 7.63. The Morgan fingerprint density at radius 1 is 0.972 bits per heavy atom. The van der Waals surface area contributed by atoms with Crippen molar-refractivity contribution in [2.24, 2.45) is 0 Å². The largest absolute Gasteiger partial charge is 0.481 e. The summed E-state index contributed by atoms with van der Waals surface area (Å²) in [6, 6.07) is 17.8. The zero-order chi connectivity index (χ0) is 25.7. The monoisotopic (exact) mass is 491 g/mol. The number of ether oxygens (including phenoxy) is 4. The van der Waals surface area contributed by atoms with E-state index < -0.39 is 37.0 Å². The lowest BCUT2D eigenvalue weighted by Crippen LogP contribution is -2.35. The zero-order valence-electron chi connectivity index (χ0n) is 19.1. The molecule has 184 valence electrons. The summed E-state index contributed by atoms with van der Waals surface area (Å²) in [5.74, 6) is -3.12. The number of carbonyl (C=O) groups is 4. The van der Waals surface area contributed by atoms with Crippen LogP contribution in [0.1, 0.15) is 26.3 Å². The Hall–Kier alpha value is -4.86. The van der Waals surface area contributed by atoms with Crippen molar-refractivity contribution in [3.63, 3.8) is 0 Å². The average Bonchev–Trinajstić information content (AvgIpc) is 3.00. The fourth-order valence-electron chi connectivity index (χ4n) is 3.56. The first kappa shape index (κ1) is 24.3. The summed E-state index contributed by atoms with van der Waals surface area (Å²) in [6.07, 6.45) is 0. The minimum Gasteiger partial charge on any atom is -0.481 e. The van der Waals surface area contributed by atoms with Gasteiger partial charge in [0, 0.05) is 0 Å². The second-order valence-electron chi connectivity index (χ2n) is 7.63. The molecule has 1 amide bonds. The van der Waals surface area contributed by atoms with Gasteiger partial charge < -0.3 is 24.1 Å². The highest BCUT2D eigenvalue weighted by Crippen LogP contribution is 2.42. The van der Waals surface area contributed by atoms with Gasteiger partial charge in [-0.2, -0.15) is 0 Å². The van der Waals surface area contributed by atoms with Crippen molar-refractivity contribution in [1.29, 1.82) is 0 Å². The number of nitrogens with zero attached hydrogens (tertiary/aromatic N) is 1. The van der Waals surface area contributed by atoms with E-state index in [4.69, 9.17) is 18.9 Å². The van der Waals surface area contributed by atoms with E-state index in [0.717, 1.165) is 10.5 Å². The topological polar surface area (TPSA) is 129 Å². The van der Waals surface area contributed by atoms with E-state index in [-0.39, 0.29) is 40.7 Å².